The lowest BCUT2D eigenvalue weighted by Gasteiger charge is -2.41. The number of rotatable bonds is 24. The topological polar surface area (TPSA) is 272 Å². The molecule has 2 fully saturated rings. The van der Waals surface area contributed by atoms with Gasteiger partial charge in [-0.3, -0.25) is 34.1 Å². The largest absolute Gasteiger partial charge is 0.465 e. The summed E-state index contributed by atoms with van der Waals surface area (Å²) in [6, 6.07) is 7.01. The van der Waals surface area contributed by atoms with E-state index in [0.29, 0.717) is 70.3 Å². The number of nitrogens with zero attached hydrogens (tertiary/aromatic N) is 1. The van der Waals surface area contributed by atoms with Crippen LogP contribution in [0.2, 0.25) is 5.02 Å². The molecular weight excluding hydrogens is 1210 g/mol. The Hall–Kier alpha value is -5.19. The van der Waals surface area contributed by atoms with Crippen LogP contribution in [0.25, 0.3) is 0 Å². The number of hydrogen-bond acceptors (Lipinski definition) is 14. The Morgan fingerprint density at radius 1 is 1.00 bits per heavy atom. The summed E-state index contributed by atoms with van der Waals surface area (Å²) in [4.78, 5) is 108. The normalized spacial score (nSPS) is 24.7. The third kappa shape index (κ3) is 18.9. The Bertz CT molecular complexity index is 2700. The third-order valence-corrected chi connectivity index (χ3v) is 17.8. The minimum absolute atomic E-state index is 0.0194. The summed E-state index contributed by atoms with van der Waals surface area (Å²) < 4.78 is 29.4. The maximum atomic E-state index is 14.4. The van der Waals surface area contributed by atoms with Crippen molar-refractivity contribution in [2.75, 3.05) is 48.2 Å². The van der Waals surface area contributed by atoms with Gasteiger partial charge >= 0.3 is 24.1 Å². The molecule has 0 saturated carbocycles. The number of aliphatic hydroxyl groups is 1. The summed E-state index contributed by atoms with van der Waals surface area (Å²) in [5.41, 5.74) is 6.99. The number of nitrogens with two attached hydrogens (primary N) is 1. The number of Topliss-reactive ketones (excluding diaryl/α,β-unsaturated/α-hetero) is 2. The average Bonchev–Trinajstić information content (AvgIpc) is 2.10. The maximum Gasteiger partial charge on any atom is 0.412 e. The van der Waals surface area contributed by atoms with Crippen molar-refractivity contribution in [1.82, 2.24) is 10.6 Å². The molecular formula is C60H82Br2ClN5O14. The number of aryl methyl sites for hydroxylation is 2. The quantitative estimate of drug-likeness (QED) is 0.0216. The van der Waals surface area contributed by atoms with Crippen LogP contribution in [0.15, 0.2) is 54.1 Å². The number of ketones is 2. The summed E-state index contributed by atoms with van der Waals surface area (Å²) in [7, 11) is 3.06. The molecule has 82 heavy (non-hydrogen) atoms. The Kier molecular flexibility index (Phi) is 25.6. The molecule has 6 N–H and O–H groups in total. The van der Waals surface area contributed by atoms with E-state index < -0.39 is 83.4 Å². The number of epoxide rings is 1. The lowest BCUT2D eigenvalue weighted by molar-refractivity contribution is -0.187. The van der Waals surface area contributed by atoms with Gasteiger partial charge in [-0.05, 0) is 113 Å². The predicted octanol–water partition coefficient (Wildman–Crippen LogP) is 9.02. The van der Waals surface area contributed by atoms with Crippen molar-refractivity contribution in [3.8, 4) is 0 Å². The number of unbranched alkanes of at least 4 members (excludes halogenated alkanes) is 2. The van der Waals surface area contributed by atoms with Gasteiger partial charge < -0.3 is 50.1 Å². The van der Waals surface area contributed by atoms with Gasteiger partial charge in [0.2, 0.25) is 11.8 Å². The van der Waals surface area contributed by atoms with Crippen molar-refractivity contribution in [3.63, 3.8) is 0 Å². The highest BCUT2D eigenvalue weighted by molar-refractivity contribution is 9.09. The van der Waals surface area contributed by atoms with Crippen LogP contribution in [0.4, 0.5) is 21.0 Å². The summed E-state index contributed by atoms with van der Waals surface area (Å²) in [6.07, 6.45) is 3.21. The minimum atomic E-state index is -1.62. The molecule has 22 heteroatoms. The number of nitrogens with one attached hydrogen (secondary N) is 3. The molecule has 0 unspecified atom stereocenters. The molecule has 3 aliphatic rings. The van der Waals surface area contributed by atoms with Gasteiger partial charge in [-0.2, -0.15) is 0 Å². The van der Waals surface area contributed by atoms with Crippen molar-refractivity contribution in [2.24, 2.45) is 29.4 Å². The van der Waals surface area contributed by atoms with E-state index in [4.69, 9.17) is 41.0 Å². The SMILES string of the molecule is CO[C@@H]1/C=C/C=C(\C)Cc2cc(C)c(Cl)c(c2)N(C)C(=O)C[C@H](OC(=O)Nc2ccc(CC(=O)[C@H](CCCNC(N)=O)NC(=O)[C@@H](CC(=O)CCCCCOC(=O)C(CBr)CBr)C(C)C)c(C)c2)[C@]2(C)O[C@H]2[C@H](C)[C@@H]2C[C@@]1(O)CC(=O)O2. The van der Waals surface area contributed by atoms with E-state index in [1.807, 2.05) is 52.8 Å². The number of benzene rings is 2. The fourth-order valence-electron chi connectivity index (χ4n) is 10.6. The van der Waals surface area contributed by atoms with E-state index in [-0.39, 0.29) is 87.5 Å². The van der Waals surface area contributed by atoms with E-state index in [2.05, 4.69) is 47.8 Å². The van der Waals surface area contributed by atoms with Crippen LogP contribution in [0, 0.1) is 37.5 Å². The molecule has 5 rings (SSSR count). The molecule has 3 aliphatic heterocycles. The molecule has 19 nitrogen and oxygen atoms in total. The number of esters is 2. The lowest BCUT2D eigenvalue weighted by atomic mass is 9.78. The van der Waals surface area contributed by atoms with Gasteiger partial charge in [0.1, 0.15) is 35.3 Å². The number of alkyl halides is 2. The van der Waals surface area contributed by atoms with Gasteiger partial charge in [0, 0.05) is 74.6 Å². The van der Waals surface area contributed by atoms with Crippen molar-refractivity contribution < 1.29 is 67.1 Å². The van der Waals surface area contributed by atoms with Crippen LogP contribution >= 0.6 is 43.5 Å². The number of allylic oxidation sites excluding steroid dienone is 3. The Morgan fingerprint density at radius 3 is 2.38 bits per heavy atom. The first-order chi connectivity index (χ1) is 38.7. The number of fused-ring (bicyclic) bond motifs is 5. The monoisotopic (exact) mass is 1290 g/mol. The lowest BCUT2D eigenvalue weighted by Crippen LogP contribution is -2.53. The number of hydrogen-bond donors (Lipinski definition) is 5. The fraction of sp³-hybridized carbons (Fsp3) is 0.600. The molecule has 3 heterocycles. The summed E-state index contributed by atoms with van der Waals surface area (Å²) >= 11 is 13.5. The first-order valence-corrected chi connectivity index (χ1v) is 30.6. The standard InChI is InChI=1S/C60H82Br2ClN5O14/c1-34(2)44(28-43(69)16-11-10-12-22-79-56(74)41(32-61)33-62)55(73)67-45(17-14-21-65-57(64)75)47(70)27-40-19-20-42(25-36(40)4)66-58(76)81-50-29-51(71)68(8)46-26-39(24-37(5)53(46)63)23-35(3)15-13-18-49(78-9)60(77)30-48(80-52(72)31-60)38(6)54-59(50,7)82-54/h13,15,18-20,24-26,34,38,41,44-45,48-50,54,77H,10-12,14,16-17,21-23,27-33H2,1-9H3,(H,66,76)(H,67,73)(H3,64,65,75)/b18-13+,35-15+/t38-,44+,45+,48+,49-,50+,54+,59+,60-/m1/s1. The highest BCUT2D eigenvalue weighted by Gasteiger charge is 2.64. The van der Waals surface area contributed by atoms with Crippen molar-refractivity contribution in [1.29, 1.82) is 0 Å². The van der Waals surface area contributed by atoms with Gasteiger partial charge in [-0.25, -0.2) is 9.59 Å². The smallest absolute Gasteiger partial charge is 0.412 e. The van der Waals surface area contributed by atoms with Gasteiger partial charge in [-0.15, -0.1) is 0 Å². The van der Waals surface area contributed by atoms with Crippen molar-refractivity contribution in [3.05, 3.63) is 81.4 Å². The molecule has 2 aromatic rings. The van der Waals surface area contributed by atoms with E-state index >= 15 is 0 Å². The molecule has 0 radical (unpaired) electrons. The third-order valence-electron chi connectivity index (χ3n) is 15.7. The zero-order chi connectivity index (χ0) is 60.6. The van der Waals surface area contributed by atoms with Crippen molar-refractivity contribution >= 4 is 102 Å². The van der Waals surface area contributed by atoms with Gasteiger partial charge in [0.05, 0.1) is 48.2 Å². The number of methoxy groups -OCH3 is 1. The maximum absolute atomic E-state index is 14.4. The molecule has 0 spiro atoms. The molecule has 4 bridgehead atoms. The highest BCUT2D eigenvalue weighted by atomic mass is 79.9. The molecule has 2 aromatic carbocycles. The Labute approximate surface area is 503 Å². The second kappa shape index (κ2) is 31.1. The number of halogens is 3. The second-order valence-corrected chi connectivity index (χ2v) is 24.3. The number of amides is 5. The Morgan fingerprint density at radius 2 is 1.72 bits per heavy atom. The summed E-state index contributed by atoms with van der Waals surface area (Å²) in [6.45, 7) is 13.2. The first kappa shape index (κ1) is 67.6. The van der Waals surface area contributed by atoms with E-state index in [1.165, 1.54) is 12.0 Å². The minimum Gasteiger partial charge on any atom is -0.465 e. The fourth-order valence-corrected chi connectivity index (χ4v) is 12.4. The van der Waals surface area contributed by atoms with Crippen LogP contribution in [0.3, 0.4) is 0 Å². The number of anilines is 2. The number of carbonyl (C=O) groups is 8. The number of primary amides is 1. The van der Waals surface area contributed by atoms with Gasteiger partial charge in [-0.1, -0.05) is 100 Å². The zero-order valence-corrected chi connectivity index (χ0v) is 52.5. The Balaban J connectivity index is 1.30. The van der Waals surface area contributed by atoms with E-state index in [9.17, 15) is 43.5 Å². The van der Waals surface area contributed by atoms with E-state index in [0.717, 1.165) is 16.7 Å². The van der Waals surface area contributed by atoms with Crippen LogP contribution in [-0.2, 0) is 65.3 Å². The highest BCUT2D eigenvalue weighted by Crippen LogP contribution is 2.50. The van der Waals surface area contributed by atoms with Crippen LogP contribution < -0.4 is 26.6 Å². The number of ether oxygens (including phenoxy) is 5. The number of urea groups is 1. The van der Waals surface area contributed by atoms with Crippen LogP contribution in [-0.4, -0.2) is 132 Å². The second-order valence-electron chi connectivity index (χ2n) is 22.6. The summed E-state index contributed by atoms with van der Waals surface area (Å²) in [5.74, 6) is -3.98. The molecule has 452 valence electrons. The van der Waals surface area contributed by atoms with Gasteiger partial charge in [0.25, 0.3) is 0 Å². The van der Waals surface area contributed by atoms with Crippen LogP contribution in [0.5, 0.6) is 0 Å². The molecule has 9 atom stereocenters. The average molecular weight is 1290 g/mol. The molecule has 0 aliphatic carbocycles. The number of carbonyl (C=O) groups excluding carboxylic acids is 8. The van der Waals surface area contributed by atoms with Crippen LogP contribution in [0.1, 0.15) is 121 Å². The first-order valence-electron chi connectivity index (χ1n) is 28.0. The predicted molar refractivity (Wildman–Crippen MR) is 319 cm³/mol. The molecule has 2 saturated heterocycles. The summed E-state index contributed by atoms with van der Waals surface area (Å²) in [5, 5.41) is 21.5. The zero-order valence-electron chi connectivity index (χ0n) is 48.5. The molecule has 0 aromatic heterocycles. The van der Waals surface area contributed by atoms with Gasteiger partial charge in [0.15, 0.2) is 5.78 Å². The van der Waals surface area contributed by atoms with E-state index in [1.54, 1.807) is 51.2 Å². The molecule has 5 amide bonds. The van der Waals surface area contributed by atoms with Crippen molar-refractivity contribution in [2.45, 2.75) is 167 Å².